The number of hydrogen-bond donors (Lipinski definition) is 2. The van der Waals surface area contributed by atoms with Crippen molar-refractivity contribution in [1.82, 2.24) is 30.1 Å². The standard InChI is InChI=1S/C29H27N7O8S/c1-17-9-10-23(31-15-17)43-45-44-36-27-24(41-22-8-4-3-7-21(22)38-2)28(40-16-19-6-5-13-39-19)33-25(32-27)18-11-12-30-20(14-18)26-34-29(37)42-35-26/h3-4,7-12,14-15,19H,5-6,13,16H2,1-2H3,(H,32,33,36)(H,34,35,37). The second-order valence-electron chi connectivity index (χ2n) is 9.61. The Morgan fingerprint density at radius 2 is 2.00 bits per heavy atom. The minimum atomic E-state index is -0.708. The quantitative estimate of drug-likeness (QED) is 0.101. The molecule has 4 aromatic heterocycles. The molecule has 0 amide bonds. The minimum Gasteiger partial charge on any atom is -0.493 e. The molecule has 1 aliphatic rings. The molecule has 1 fully saturated rings. The van der Waals surface area contributed by atoms with Gasteiger partial charge >= 0.3 is 5.76 Å². The molecule has 232 valence electrons. The Hall–Kier alpha value is -5.19. The van der Waals surface area contributed by atoms with Crippen molar-refractivity contribution in [2.24, 2.45) is 0 Å². The van der Waals surface area contributed by atoms with Crippen LogP contribution in [0.3, 0.4) is 0 Å². The number of nitrogens with one attached hydrogen (secondary N) is 2. The van der Waals surface area contributed by atoms with Crippen LogP contribution in [-0.4, -0.2) is 56.5 Å². The SMILES string of the molecule is COc1ccccc1Oc1c(NOSOc2ccc(C)cn2)nc(-c2ccnc(-c3noc(=O)[nH]3)c2)nc1OCC1CCCO1. The molecular formula is C29H27N7O8S. The summed E-state index contributed by atoms with van der Waals surface area (Å²) in [4.78, 5) is 31.8. The summed E-state index contributed by atoms with van der Waals surface area (Å²) in [5.41, 5.74) is 4.61. The third kappa shape index (κ3) is 7.49. The summed E-state index contributed by atoms with van der Waals surface area (Å²) in [5, 5.41) is 3.72. The molecule has 0 spiro atoms. The largest absolute Gasteiger partial charge is 0.493 e. The molecule has 5 heterocycles. The summed E-state index contributed by atoms with van der Waals surface area (Å²) in [6, 6.07) is 14.0. The van der Waals surface area contributed by atoms with Crippen LogP contribution in [0.25, 0.3) is 22.9 Å². The maximum Gasteiger partial charge on any atom is 0.439 e. The van der Waals surface area contributed by atoms with Crippen molar-refractivity contribution in [3.05, 3.63) is 77.0 Å². The van der Waals surface area contributed by atoms with Crippen molar-refractivity contribution in [3.63, 3.8) is 0 Å². The van der Waals surface area contributed by atoms with Gasteiger partial charge in [0.05, 0.1) is 13.2 Å². The Labute approximate surface area is 260 Å². The van der Waals surface area contributed by atoms with Crippen molar-refractivity contribution in [3.8, 4) is 51.9 Å². The van der Waals surface area contributed by atoms with E-state index in [0.29, 0.717) is 47.6 Å². The highest BCUT2D eigenvalue weighted by molar-refractivity contribution is 7.90. The molecule has 2 N–H and O–H groups in total. The van der Waals surface area contributed by atoms with Gasteiger partial charge < -0.3 is 23.1 Å². The second kappa shape index (κ2) is 14.1. The van der Waals surface area contributed by atoms with Gasteiger partial charge in [0, 0.05) is 30.6 Å². The molecule has 1 atom stereocenters. The van der Waals surface area contributed by atoms with Crippen LogP contribution in [0, 0.1) is 6.92 Å². The molecule has 0 radical (unpaired) electrons. The molecule has 1 saturated heterocycles. The highest BCUT2D eigenvalue weighted by Gasteiger charge is 2.24. The number of aryl methyl sites for hydroxylation is 1. The predicted octanol–water partition coefficient (Wildman–Crippen LogP) is 4.93. The van der Waals surface area contributed by atoms with Crippen LogP contribution in [0.1, 0.15) is 18.4 Å². The highest BCUT2D eigenvalue weighted by atomic mass is 32.2. The third-order valence-corrected chi connectivity index (χ3v) is 6.81. The second-order valence-corrected chi connectivity index (χ2v) is 10.1. The zero-order valence-corrected chi connectivity index (χ0v) is 24.9. The van der Waals surface area contributed by atoms with E-state index in [9.17, 15) is 4.79 Å². The first-order valence-corrected chi connectivity index (χ1v) is 14.4. The van der Waals surface area contributed by atoms with Crippen molar-refractivity contribution < 1.29 is 31.9 Å². The van der Waals surface area contributed by atoms with E-state index < -0.39 is 5.76 Å². The van der Waals surface area contributed by atoms with Crippen LogP contribution in [-0.2, 0) is 9.02 Å². The van der Waals surface area contributed by atoms with E-state index in [1.54, 1.807) is 42.6 Å². The predicted molar refractivity (Wildman–Crippen MR) is 161 cm³/mol. The lowest BCUT2D eigenvalue weighted by Crippen LogP contribution is -2.18. The lowest BCUT2D eigenvalue weighted by atomic mass is 10.2. The van der Waals surface area contributed by atoms with Gasteiger partial charge in [-0.05, 0) is 49.6 Å². The summed E-state index contributed by atoms with van der Waals surface area (Å²) in [7, 11) is 1.54. The Morgan fingerprint density at radius 1 is 1.11 bits per heavy atom. The number of hydrogen-bond acceptors (Lipinski definition) is 15. The number of aromatic amines is 1. The van der Waals surface area contributed by atoms with Gasteiger partial charge in [-0.15, -0.1) is 0 Å². The van der Waals surface area contributed by atoms with E-state index in [0.717, 1.165) is 18.4 Å². The number of methoxy groups -OCH3 is 1. The zero-order chi connectivity index (χ0) is 31.0. The molecule has 1 unspecified atom stereocenters. The minimum absolute atomic E-state index is 0.104. The molecule has 0 saturated carbocycles. The van der Waals surface area contributed by atoms with Crippen LogP contribution >= 0.6 is 12.3 Å². The smallest absolute Gasteiger partial charge is 0.439 e. The zero-order valence-electron chi connectivity index (χ0n) is 24.1. The fraction of sp³-hybridized carbons (Fsp3) is 0.241. The van der Waals surface area contributed by atoms with Gasteiger partial charge in [0.15, 0.2) is 17.3 Å². The van der Waals surface area contributed by atoms with Crippen LogP contribution in [0.2, 0.25) is 0 Å². The van der Waals surface area contributed by atoms with E-state index in [1.807, 2.05) is 19.1 Å². The number of H-pyrrole nitrogens is 1. The highest BCUT2D eigenvalue weighted by Crippen LogP contribution is 2.41. The van der Waals surface area contributed by atoms with E-state index >= 15 is 0 Å². The van der Waals surface area contributed by atoms with Crippen LogP contribution in [0.15, 0.2) is 70.2 Å². The molecule has 5 aromatic rings. The number of aromatic nitrogens is 6. The molecule has 16 heteroatoms. The fourth-order valence-corrected chi connectivity index (χ4v) is 4.55. The normalized spacial score (nSPS) is 14.2. The third-order valence-electron chi connectivity index (χ3n) is 6.42. The number of rotatable bonds is 13. The molecule has 0 bridgehead atoms. The summed E-state index contributed by atoms with van der Waals surface area (Å²) in [6.45, 7) is 2.80. The van der Waals surface area contributed by atoms with Crippen LogP contribution < -0.4 is 29.6 Å². The molecule has 45 heavy (non-hydrogen) atoms. The number of benzene rings is 1. The maximum atomic E-state index is 11.5. The number of nitrogens with zero attached hydrogens (tertiary/aromatic N) is 5. The molecule has 6 rings (SSSR count). The van der Waals surface area contributed by atoms with E-state index in [2.05, 4.69) is 35.1 Å². The summed E-state index contributed by atoms with van der Waals surface area (Å²) in [5.74, 6) is 1.19. The number of para-hydroxylation sites is 2. The molecule has 15 nitrogen and oxygen atoms in total. The average Bonchev–Trinajstić information content (AvgIpc) is 3.76. The molecule has 1 aromatic carbocycles. The van der Waals surface area contributed by atoms with Crippen LogP contribution in [0.4, 0.5) is 5.82 Å². The molecule has 1 aliphatic heterocycles. The van der Waals surface area contributed by atoms with Crippen LogP contribution in [0.5, 0.6) is 29.0 Å². The van der Waals surface area contributed by atoms with Gasteiger partial charge in [0.1, 0.15) is 12.3 Å². The van der Waals surface area contributed by atoms with Crippen molar-refractivity contribution in [1.29, 1.82) is 0 Å². The number of anilines is 1. The maximum absolute atomic E-state index is 11.5. The van der Waals surface area contributed by atoms with Gasteiger partial charge in [-0.1, -0.05) is 23.4 Å². The lowest BCUT2D eigenvalue weighted by molar-refractivity contribution is 0.0654. The van der Waals surface area contributed by atoms with Gasteiger partial charge in [0.25, 0.3) is 18.2 Å². The van der Waals surface area contributed by atoms with Crippen molar-refractivity contribution in [2.45, 2.75) is 25.9 Å². The Bertz CT molecular complexity index is 1790. The topological polar surface area (TPSA) is 178 Å². The Morgan fingerprint density at radius 3 is 2.76 bits per heavy atom. The average molecular weight is 634 g/mol. The first kappa shape index (κ1) is 29.9. The van der Waals surface area contributed by atoms with Crippen molar-refractivity contribution >= 4 is 18.1 Å². The van der Waals surface area contributed by atoms with Crippen molar-refractivity contribution in [2.75, 3.05) is 25.8 Å². The van der Waals surface area contributed by atoms with Gasteiger partial charge in [-0.25, -0.2) is 20.2 Å². The Balaban J connectivity index is 1.36. The van der Waals surface area contributed by atoms with Gasteiger partial charge in [-0.2, -0.15) is 9.27 Å². The first-order valence-electron chi connectivity index (χ1n) is 13.7. The summed E-state index contributed by atoms with van der Waals surface area (Å²) >= 11 is 0.636. The monoisotopic (exact) mass is 633 g/mol. The first-order chi connectivity index (χ1) is 22.1. The summed E-state index contributed by atoms with van der Waals surface area (Å²) < 4.78 is 39.5. The summed E-state index contributed by atoms with van der Waals surface area (Å²) in [6.07, 6.45) is 4.87. The van der Waals surface area contributed by atoms with Gasteiger partial charge in [-0.3, -0.25) is 14.5 Å². The lowest BCUT2D eigenvalue weighted by Gasteiger charge is -2.18. The van der Waals surface area contributed by atoms with E-state index in [1.165, 1.54) is 13.3 Å². The number of ether oxygens (including phenoxy) is 4. The van der Waals surface area contributed by atoms with E-state index in [-0.39, 0.29) is 41.8 Å². The Kier molecular flexibility index (Phi) is 9.33. The number of pyridine rings is 2. The molecule has 0 aliphatic carbocycles. The fourth-order valence-electron chi connectivity index (χ4n) is 4.23. The van der Waals surface area contributed by atoms with E-state index in [4.69, 9.17) is 32.4 Å². The molecular weight excluding hydrogens is 606 g/mol. The van der Waals surface area contributed by atoms with Gasteiger partial charge in [0.2, 0.25) is 23.3 Å².